The van der Waals surface area contributed by atoms with Crippen LogP contribution in [-0.4, -0.2) is 30.8 Å². The summed E-state index contributed by atoms with van der Waals surface area (Å²) in [4.78, 5) is 11.8. The molecule has 2 aromatic rings. The van der Waals surface area contributed by atoms with Gasteiger partial charge in [0, 0.05) is 13.0 Å². The molecule has 0 aliphatic rings. The number of nitrogens with two attached hydrogens (primary N) is 1. The van der Waals surface area contributed by atoms with Crippen molar-refractivity contribution in [1.29, 1.82) is 0 Å². The lowest BCUT2D eigenvalue weighted by atomic mass is 10.1. The number of halogens is 2. The predicted octanol–water partition coefficient (Wildman–Crippen LogP) is 5.72. The Balaban J connectivity index is 1.43. The van der Waals surface area contributed by atoms with Gasteiger partial charge in [0.1, 0.15) is 0 Å². The highest BCUT2D eigenvalue weighted by Crippen LogP contribution is 2.31. The minimum absolute atomic E-state index is 0.117. The van der Waals surface area contributed by atoms with Crippen LogP contribution in [0.5, 0.6) is 0 Å². The molecule has 4 N–H and O–H groups in total. The number of carbonyl (C=O) groups is 1. The van der Waals surface area contributed by atoms with Crippen molar-refractivity contribution in [1.82, 2.24) is 5.32 Å². The van der Waals surface area contributed by atoms with Crippen LogP contribution in [0.25, 0.3) is 0 Å². The minimum Gasteiger partial charge on any atom is -0.466 e. The summed E-state index contributed by atoms with van der Waals surface area (Å²) in [5, 5.41) is 14.1. The lowest BCUT2D eigenvalue weighted by Gasteiger charge is -2.14. The first-order valence-corrected chi connectivity index (χ1v) is 12.1. The van der Waals surface area contributed by atoms with E-state index in [1.165, 1.54) is 5.56 Å². The second kappa shape index (κ2) is 15.1. The third-order valence-electron chi connectivity index (χ3n) is 5.27. The van der Waals surface area contributed by atoms with Crippen molar-refractivity contribution in [2.75, 3.05) is 25.4 Å². The number of unbranched alkanes of at least 4 members (excludes halogenated alkanes) is 4. The molecular weight excluding hydrogens is 447 g/mol. The molecule has 0 spiro atoms. The van der Waals surface area contributed by atoms with Crippen molar-refractivity contribution >= 4 is 34.9 Å². The Morgan fingerprint density at radius 3 is 2.41 bits per heavy atom. The second-order valence-corrected chi connectivity index (χ2v) is 8.76. The molecule has 0 bridgehead atoms. The zero-order valence-electron chi connectivity index (χ0n) is 18.5. The average molecular weight is 481 g/mol. The van der Waals surface area contributed by atoms with E-state index in [0.29, 0.717) is 40.9 Å². The molecule has 0 radical (unpaired) electrons. The first-order chi connectivity index (χ1) is 15.5. The Morgan fingerprint density at radius 2 is 1.69 bits per heavy atom. The molecule has 2 rings (SSSR count). The summed E-state index contributed by atoms with van der Waals surface area (Å²) >= 11 is 12.0. The van der Waals surface area contributed by atoms with Crippen molar-refractivity contribution in [3.8, 4) is 0 Å². The van der Waals surface area contributed by atoms with Crippen LogP contribution in [0.2, 0.25) is 10.0 Å². The van der Waals surface area contributed by atoms with Gasteiger partial charge in [0.15, 0.2) is 0 Å². The highest BCUT2D eigenvalue weighted by molar-refractivity contribution is 6.38. The highest BCUT2D eigenvalue weighted by atomic mass is 35.5. The Morgan fingerprint density at radius 1 is 1.00 bits per heavy atom. The largest absolute Gasteiger partial charge is 0.466 e. The van der Waals surface area contributed by atoms with Gasteiger partial charge in [-0.15, -0.1) is 0 Å². The van der Waals surface area contributed by atoms with E-state index >= 15 is 0 Å². The number of aliphatic hydroxyl groups excluding tert-OH is 1. The van der Waals surface area contributed by atoms with E-state index in [9.17, 15) is 9.90 Å². The Labute approximate surface area is 201 Å². The molecule has 7 heteroatoms. The number of esters is 1. The highest BCUT2D eigenvalue weighted by Gasteiger charge is 2.12. The molecule has 32 heavy (non-hydrogen) atoms. The number of carbonyl (C=O) groups excluding carboxylic acids is 1. The maximum atomic E-state index is 11.8. The van der Waals surface area contributed by atoms with Gasteiger partial charge >= 0.3 is 5.97 Å². The molecule has 0 aromatic heterocycles. The summed E-state index contributed by atoms with van der Waals surface area (Å²) in [7, 11) is 0. The molecule has 2 aromatic carbocycles. The number of aryl methyl sites for hydroxylation is 1. The van der Waals surface area contributed by atoms with Crippen LogP contribution in [0, 0.1) is 0 Å². The van der Waals surface area contributed by atoms with Gasteiger partial charge in [-0.1, -0.05) is 60.0 Å². The van der Waals surface area contributed by atoms with E-state index in [1.807, 2.05) is 6.07 Å². The van der Waals surface area contributed by atoms with Crippen LogP contribution < -0.4 is 11.1 Å². The molecule has 176 valence electrons. The number of anilines is 1. The van der Waals surface area contributed by atoms with Crippen molar-refractivity contribution in [3.05, 3.63) is 63.6 Å². The van der Waals surface area contributed by atoms with Gasteiger partial charge in [0.05, 0.1) is 28.4 Å². The number of ether oxygens (including phenoxy) is 1. The summed E-state index contributed by atoms with van der Waals surface area (Å²) in [5.41, 5.74) is 8.01. The molecule has 0 amide bonds. The standard InChI is InChI=1S/C25H34Cl2N2O3/c26-21-16-20(17-22(27)25(21)28)23(30)18-29-14-8-2-7-13-24(31)32-15-9-3-6-12-19-10-4-1-5-11-19/h1,4-5,10-11,16-17,23,29-30H,2-3,6-9,12-15,18,28H2. The third kappa shape index (κ3) is 10.2. The molecular formula is C25H34Cl2N2O3. The van der Waals surface area contributed by atoms with Crippen molar-refractivity contribution < 1.29 is 14.6 Å². The van der Waals surface area contributed by atoms with Gasteiger partial charge in [0.25, 0.3) is 0 Å². The molecule has 1 unspecified atom stereocenters. The number of aliphatic hydroxyl groups is 1. The van der Waals surface area contributed by atoms with E-state index in [1.54, 1.807) is 12.1 Å². The van der Waals surface area contributed by atoms with E-state index in [-0.39, 0.29) is 5.97 Å². The molecule has 0 aliphatic carbocycles. The summed E-state index contributed by atoms with van der Waals surface area (Å²) in [5.74, 6) is -0.117. The van der Waals surface area contributed by atoms with Gasteiger partial charge in [0.2, 0.25) is 0 Å². The zero-order chi connectivity index (χ0) is 23.2. The third-order valence-corrected chi connectivity index (χ3v) is 5.90. The van der Waals surface area contributed by atoms with Gasteiger partial charge in [-0.25, -0.2) is 0 Å². The van der Waals surface area contributed by atoms with Crippen molar-refractivity contribution in [2.45, 2.75) is 57.5 Å². The summed E-state index contributed by atoms with van der Waals surface area (Å²) in [6.07, 6.45) is 6.55. The number of hydrogen-bond acceptors (Lipinski definition) is 5. The zero-order valence-corrected chi connectivity index (χ0v) is 20.0. The molecule has 0 saturated carbocycles. The lowest BCUT2D eigenvalue weighted by Crippen LogP contribution is -2.22. The summed E-state index contributed by atoms with van der Waals surface area (Å²) < 4.78 is 5.31. The van der Waals surface area contributed by atoms with Crippen LogP contribution in [-0.2, 0) is 16.0 Å². The fourth-order valence-corrected chi connectivity index (χ4v) is 3.86. The summed E-state index contributed by atoms with van der Waals surface area (Å²) in [6.45, 7) is 1.65. The van der Waals surface area contributed by atoms with Gasteiger partial charge in [-0.2, -0.15) is 0 Å². The first-order valence-electron chi connectivity index (χ1n) is 11.3. The quantitative estimate of drug-likeness (QED) is 0.172. The second-order valence-electron chi connectivity index (χ2n) is 7.95. The van der Waals surface area contributed by atoms with E-state index < -0.39 is 6.10 Å². The Bertz CT molecular complexity index is 795. The van der Waals surface area contributed by atoms with Gasteiger partial charge in [-0.3, -0.25) is 4.79 Å². The molecule has 1 atom stereocenters. The fourth-order valence-electron chi connectivity index (χ4n) is 3.36. The fraction of sp³-hybridized carbons (Fsp3) is 0.480. The monoisotopic (exact) mass is 480 g/mol. The van der Waals surface area contributed by atoms with Crippen LogP contribution in [0.4, 0.5) is 5.69 Å². The predicted molar refractivity (Wildman–Crippen MR) is 132 cm³/mol. The SMILES string of the molecule is Nc1c(Cl)cc(C(O)CNCCCCCC(=O)OCCCCCc2ccccc2)cc1Cl. The Hall–Kier alpha value is -1.79. The van der Waals surface area contributed by atoms with Crippen molar-refractivity contribution in [2.24, 2.45) is 0 Å². The first kappa shape index (κ1) is 26.5. The molecule has 0 fully saturated rings. The number of nitrogens with one attached hydrogen (secondary N) is 1. The van der Waals surface area contributed by atoms with Crippen molar-refractivity contribution in [3.63, 3.8) is 0 Å². The number of hydrogen-bond donors (Lipinski definition) is 3. The van der Waals surface area contributed by atoms with E-state index in [0.717, 1.165) is 51.5 Å². The molecule has 5 nitrogen and oxygen atoms in total. The maximum Gasteiger partial charge on any atom is 0.305 e. The van der Waals surface area contributed by atoms with Crippen LogP contribution in [0.1, 0.15) is 62.2 Å². The number of benzene rings is 2. The van der Waals surface area contributed by atoms with Crippen LogP contribution in [0.3, 0.4) is 0 Å². The Kier molecular flexibility index (Phi) is 12.5. The molecule has 0 heterocycles. The number of rotatable bonds is 15. The van der Waals surface area contributed by atoms with Crippen LogP contribution >= 0.6 is 23.2 Å². The smallest absolute Gasteiger partial charge is 0.305 e. The normalized spacial score (nSPS) is 12.0. The lowest BCUT2D eigenvalue weighted by molar-refractivity contribution is -0.143. The molecule has 0 aliphatic heterocycles. The molecule has 0 saturated heterocycles. The van der Waals surface area contributed by atoms with E-state index in [4.69, 9.17) is 33.7 Å². The topological polar surface area (TPSA) is 84.6 Å². The average Bonchev–Trinajstić information content (AvgIpc) is 2.79. The number of nitrogen functional groups attached to an aromatic ring is 1. The maximum absolute atomic E-state index is 11.8. The summed E-state index contributed by atoms with van der Waals surface area (Å²) in [6, 6.07) is 13.7. The van der Waals surface area contributed by atoms with Crippen LogP contribution in [0.15, 0.2) is 42.5 Å². The van der Waals surface area contributed by atoms with E-state index in [2.05, 4.69) is 29.6 Å². The minimum atomic E-state index is -0.715. The van der Waals surface area contributed by atoms with Gasteiger partial charge in [-0.05, 0) is 68.3 Å². The van der Waals surface area contributed by atoms with Gasteiger partial charge < -0.3 is 20.9 Å².